The Morgan fingerprint density at radius 3 is 2.38 bits per heavy atom. The average molecular weight is 264 g/mol. The summed E-state index contributed by atoms with van der Waals surface area (Å²) in [6.07, 6.45) is 0. The number of esters is 1. The molecule has 1 aromatic carbocycles. The summed E-state index contributed by atoms with van der Waals surface area (Å²) < 4.78 is 4.29. The second-order valence-corrected chi connectivity index (χ2v) is 3.60. The first-order valence-electron chi connectivity index (χ1n) is 3.77. The van der Waals surface area contributed by atoms with Crippen molar-refractivity contribution < 1.29 is 49.0 Å². The number of thiocarbonyl (C=S) groups is 1. The molecular formula is C9H5NaO4S2. The van der Waals surface area contributed by atoms with Gasteiger partial charge in [-0.05, 0) is 29.9 Å². The summed E-state index contributed by atoms with van der Waals surface area (Å²) in [5.41, 5.74) is -0.0253. The van der Waals surface area contributed by atoms with Crippen molar-refractivity contribution in [3.05, 3.63) is 35.4 Å². The number of carboxylic acids is 1. The zero-order valence-corrected chi connectivity index (χ0v) is 12.0. The Hall–Kier alpha value is -0.400. The summed E-state index contributed by atoms with van der Waals surface area (Å²) in [7, 11) is 0. The number of hydrogen-bond acceptors (Lipinski definition) is 5. The third-order valence-electron chi connectivity index (χ3n) is 1.51. The molecule has 0 aliphatic heterocycles. The molecule has 0 radical (unpaired) electrons. The van der Waals surface area contributed by atoms with Crippen molar-refractivity contribution in [2.45, 2.75) is 0 Å². The van der Waals surface area contributed by atoms with Gasteiger partial charge in [0.25, 0.3) is 0 Å². The van der Waals surface area contributed by atoms with E-state index in [1.165, 1.54) is 18.2 Å². The molecule has 16 heavy (non-hydrogen) atoms. The molecule has 7 heteroatoms. The molecule has 78 valence electrons. The number of carboxylic acid groups (broad SMARTS) is 1. The van der Waals surface area contributed by atoms with Crippen molar-refractivity contribution in [3.63, 3.8) is 0 Å². The molecule has 1 aromatic rings. The van der Waals surface area contributed by atoms with Crippen LogP contribution < -0.4 is 34.7 Å². The molecule has 0 heterocycles. The van der Waals surface area contributed by atoms with Crippen LogP contribution in [0.1, 0.15) is 20.7 Å². The van der Waals surface area contributed by atoms with Gasteiger partial charge in [-0.15, -0.1) is 0 Å². The summed E-state index contributed by atoms with van der Waals surface area (Å²) in [6, 6.07) is 5.26. The third-order valence-corrected chi connectivity index (χ3v) is 1.69. The van der Waals surface area contributed by atoms with Crippen molar-refractivity contribution in [2.75, 3.05) is 0 Å². The van der Waals surface area contributed by atoms with E-state index in [9.17, 15) is 14.7 Å². The Balaban J connectivity index is 0.00000225. The first-order valence-corrected chi connectivity index (χ1v) is 4.63. The van der Waals surface area contributed by atoms with Crippen LogP contribution in [-0.2, 0) is 4.74 Å². The maximum Gasteiger partial charge on any atom is 1.00 e. The fourth-order valence-electron chi connectivity index (χ4n) is 0.911. The van der Waals surface area contributed by atoms with Crippen LogP contribution in [0.4, 0.5) is 0 Å². The van der Waals surface area contributed by atoms with Crippen LogP contribution in [-0.4, -0.2) is 16.3 Å². The average Bonchev–Trinajstić information content (AvgIpc) is 2.17. The maximum atomic E-state index is 11.3. The molecule has 0 atom stereocenters. The predicted octanol–water partition coefficient (Wildman–Crippen LogP) is -2.57. The second-order valence-electron chi connectivity index (χ2n) is 2.52. The molecule has 1 rings (SSSR count). The maximum absolute atomic E-state index is 11.3. The van der Waals surface area contributed by atoms with E-state index in [1.54, 1.807) is 0 Å². The first-order chi connectivity index (χ1) is 7.00. The topological polar surface area (TPSA) is 66.4 Å². The number of carbonyl (C=O) groups is 2. The van der Waals surface area contributed by atoms with Gasteiger partial charge in [0, 0.05) is 0 Å². The summed E-state index contributed by atoms with van der Waals surface area (Å²) in [5, 5.41) is 10.5. The third kappa shape index (κ3) is 4.63. The number of carbonyl (C=O) groups excluding carboxylic acids is 2. The van der Waals surface area contributed by atoms with E-state index in [1.807, 2.05) is 0 Å². The fourth-order valence-corrected chi connectivity index (χ4v) is 1.07. The zero-order chi connectivity index (χ0) is 11.4. The van der Waals surface area contributed by atoms with Gasteiger partial charge in [-0.25, -0.2) is 4.79 Å². The van der Waals surface area contributed by atoms with E-state index < -0.39 is 11.9 Å². The van der Waals surface area contributed by atoms with Gasteiger partial charge < -0.3 is 14.6 Å². The van der Waals surface area contributed by atoms with Crippen LogP contribution in [0.2, 0.25) is 0 Å². The van der Waals surface area contributed by atoms with Crippen molar-refractivity contribution in [3.8, 4) is 0 Å². The number of thiol groups is 1. The molecule has 0 unspecified atom stereocenters. The Labute approximate surface area is 125 Å². The van der Waals surface area contributed by atoms with Crippen molar-refractivity contribution >= 4 is 41.2 Å². The van der Waals surface area contributed by atoms with Crippen molar-refractivity contribution in [2.24, 2.45) is 0 Å². The molecule has 0 saturated carbocycles. The standard InChI is InChI=1S/C9H6O4S2.Na/c10-7(11)5-2-1-3-6(4-5)8(12)13-9(14)15;/h1-4H,(H,10,11)(H,14,15);/q;+1/p-1. The zero-order valence-electron chi connectivity index (χ0n) is 8.30. The monoisotopic (exact) mass is 264 g/mol. The van der Waals surface area contributed by atoms with E-state index in [4.69, 9.17) is 0 Å². The summed E-state index contributed by atoms with van der Waals surface area (Å²) in [4.78, 5) is 21.8. The van der Waals surface area contributed by atoms with E-state index in [0.29, 0.717) is 0 Å². The normalized spacial score (nSPS) is 8.81. The van der Waals surface area contributed by atoms with Gasteiger partial charge in [-0.2, -0.15) is 0 Å². The van der Waals surface area contributed by atoms with E-state index in [-0.39, 0.29) is 45.1 Å². The molecule has 0 bridgehead atoms. The molecule has 0 N–H and O–H groups in total. The van der Waals surface area contributed by atoms with E-state index >= 15 is 0 Å². The summed E-state index contributed by atoms with van der Waals surface area (Å²) in [6.45, 7) is 0. The number of benzene rings is 1. The molecule has 4 nitrogen and oxygen atoms in total. The van der Waals surface area contributed by atoms with Gasteiger partial charge in [-0.1, -0.05) is 24.8 Å². The van der Waals surface area contributed by atoms with E-state index in [0.717, 1.165) is 6.07 Å². The van der Waals surface area contributed by atoms with Gasteiger partial charge in [-0.3, -0.25) is 0 Å². The van der Waals surface area contributed by atoms with Crippen LogP contribution >= 0.6 is 24.8 Å². The smallest absolute Gasteiger partial charge is 0.545 e. The van der Waals surface area contributed by atoms with Crippen LogP contribution in [0.5, 0.6) is 0 Å². The molecule has 0 saturated heterocycles. The van der Waals surface area contributed by atoms with Gasteiger partial charge >= 0.3 is 35.5 Å². The van der Waals surface area contributed by atoms with Gasteiger partial charge in [0.15, 0.2) is 0 Å². The SMILES string of the molecule is O=C([O-])c1cccc(C(=O)OC(=S)S)c1.[Na+]. The van der Waals surface area contributed by atoms with E-state index in [2.05, 4.69) is 29.6 Å². The molecular weight excluding hydrogens is 259 g/mol. The molecule has 0 amide bonds. The molecule has 0 spiro atoms. The quantitative estimate of drug-likeness (QED) is 0.275. The molecule has 0 aliphatic carbocycles. The molecule has 0 aliphatic rings. The Bertz CT molecular complexity index is 433. The minimum atomic E-state index is -1.36. The van der Waals surface area contributed by atoms with Gasteiger partial charge in [0.2, 0.25) is 4.38 Å². The number of rotatable bonds is 2. The molecule has 0 aromatic heterocycles. The minimum Gasteiger partial charge on any atom is -0.545 e. The van der Waals surface area contributed by atoms with Crippen LogP contribution in [0.15, 0.2) is 24.3 Å². The second kappa shape index (κ2) is 7.03. The Morgan fingerprint density at radius 2 is 1.88 bits per heavy atom. The van der Waals surface area contributed by atoms with Crippen LogP contribution in [0, 0.1) is 0 Å². The van der Waals surface area contributed by atoms with Gasteiger partial charge in [0.1, 0.15) is 0 Å². The van der Waals surface area contributed by atoms with Crippen molar-refractivity contribution in [1.29, 1.82) is 0 Å². The largest absolute Gasteiger partial charge is 1.00 e. The van der Waals surface area contributed by atoms with Crippen LogP contribution in [0.3, 0.4) is 0 Å². The number of hydrogen-bond donors (Lipinski definition) is 1. The van der Waals surface area contributed by atoms with Gasteiger partial charge in [0.05, 0.1) is 11.5 Å². The summed E-state index contributed by atoms with van der Waals surface area (Å²) in [5.74, 6) is -2.11. The Morgan fingerprint density at radius 1 is 1.31 bits per heavy atom. The number of aromatic carboxylic acids is 1. The van der Waals surface area contributed by atoms with Crippen molar-refractivity contribution in [1.82, 2.24) is 0 Å². The summed E-state index contributed by atoms with van der Waals surface area (Å²) >= 11 is 8.06. The molecule has 0 fully saturated rings. The first kappa shape index (κ1) is 15.6. The van der Waals surface area contributed by atoms with Crippen LogP contribution in [0.25, 0.3) is 0 Å². The predicted molar refractivity (Wildman–Crippen MR) is 57.8 cm³/mol. The minimum absolute atomic E-state index is 0. The number of ether oxygens (including phenoxy) is 1. The fraction of sp³-hybridized carbons (Fsp3) is 0. The Kier molecular flexibility index (Phi) is 6.85.